The molecule has 15 heavy (non-hydrogen) atoms. The van der Waals surface area contributed by atoms with E-state index >= 15 is 0 Å². The number of nitrogens with two attached hydrogens (primary N) is 1. The Labute approximate surface area is 90.8 Å². The molecule has 0 bridgehead atoms. The number of hydrogen-bond acceptors (Lipinski definition) is 3. The van der Waals surface area contributed by atoms with Crippen molar-refractivity contribution in [1.29, 1.82) is 0 Å². The molecule has 1 unspecified atom stereocenters. The second kappa shape index (κ2) is 4.77. The van der Waals surface area contributed by atoms with Gasteiger partial charge in [-0.1, -0.05) is 12.8 Å². The van der Waals surface area contributed by atoms with Crippen LogP contribution in [0.3, 0.4) is 0 Å². The van der Waals surface area contributed by atoms with Crippen molar-refractivity contribution in [2.45, 2.75) is 25.3 Å². The Morgan fingerprint density at radius 1 is 1.67 bits per heavy atom. The van der Waals surface area contributed by atoms with E-state index in [2.05, 4.69) is 10.4 Å². The average Bonchev–Trinajstić information content (AvgIpc) is 2.96. The smallest absolute Gasteiger partial charge is 0.0538 e. The van der Waals surface area contributed by atoms with Gasteiger partial charge in [-0.3, -0.25) is 4.68 Å². The molecule has 1 aliphatic rings. The Morgan fingerprint density at radius 3 is 3.00 bits per heavy atom. The van der Waals surface area contributed by atoms with E-state index in [1.807, 2.05) is 24.1 Å². The van der Waals surface area contributed by atoms with E-state index in [4.69, 9.17) is 5.73 Å². The fourth-order valence-electron chi connectivity index (χ4n) is 1.83. The van der Waals surface area contributed by atoms with Crippen molar-refractivity contribution in [2.75, 3.05) is 13.1 Å². The summed E-state index contributed by atoms with van der Waals surface area (Å²) in [6.45, 7) is 1.71. The van der Waals surface area contributed by atoms with Gasteiger partial charge >= 0.3 is 0 Å². The van der Waals surface area contributed by atoms with Crippen LogP contribution in [0.4, 0.5) is 0 Å². The van der Waals surface area contributed by atoms with Gasteiger partial charge < -0.3 is 11.1 Å². The minimum atomic E-state index is 0.262. The maximum atomic E-state index is 5.75. The first-order valence-electron chi connectivity index (χ1n) is 5.71. The molecule has 1 aliphatic carbocycles. The van der Waals surface area contributed by atoms with Gasteiger partial charge in [0, 0.05) is 31.4 Å². The first-order chi connectivity index (χ1) is 7.29. The highest BCUT2D eigenvalue weighted by atomic mass is 15.2. The normalized spacial score (nSPS) is 18.0. The topological polar surface area (TPSA) is 55.9 Å². The zero-order valence-corrected chi connectivity index (χ0v) is 9.32. The van der Waals surface area contributed by atoms with Crippen LogP contribution in [-0.4, -0.2) is 22.9 Å². The monoisotopic (exact) mass is 208 g/mol. The summed E-state index contributed by atoms with van der Waals surface area (Å²) < 4.78 is 1.82. The van der Waals surface area contributed by atoms with Crippen LogP contribution in [0, 0.1) is 5.92 Å². The van der Waals surface area contributed by atoms with Crippen molar-refractivity contribution in [1.82, 2.24) is 15.1 Å². The first-order valence-corrected chi connectivity index (χ1v) is 5.71. The van der Waals surface area contributed by atoms with Gasteiger partial charge in [0.1, 0.15) is 0 Å². The second-order valence-electron chi connectivity index (χ2n) is 4.42. The Balaban J connectivity index is 1.80. The highest BCUT2D eigenvalue weighted by molar-refractivity contribution is 5.10. The third-order valence-corrected chi connectivity index (χ3v) is 3.00. The molecule has 0 radical (unpaired) electrons. The number of nitrogens with zero attached hydrogens (tertiary/aromatic N) is 2. The molecule has 0 aliphatic heterocycles. The highest BCUT2D eigenvalue weighted by Crippen LogP contribution is 2.31. The molecule has 3 N–H and O–H groups in total. The van der Waals surface area contributed by atoms with Crippen molar-refractivity contribution < 1.29 is 0 Å². The fourth-order valence-corrected chi connectivity index (χ4v) is 1.83. The van der Waals surface area contributed by atoms with Gasteiger partial charge in [-0.15, -0.1) is 0 Å². The summed E-state index contributed by atoms with van der Waals surface area (Å²) in [6, 6.07) is 0.262. The third kappa shape index (κ3) is 3.04. The molecule has 1 heterocycles. The van der Waals surface area contributed by atoms with E-state index in [0.717, 1.165) is 12.5 Å². The van der Waals surface area contributed by atoms with Crippen LogP contribution in [0.1, 0.15) is 30.9 Å². The van der Waals surface area contributed by atoms with Crippen LogP contribution in [0.25, 0.3) is 0 Å². The van der Waals surface area contributed by atoms with Crippen LogP contribution >= 0.6 is 0 Å². The Bertz CT molecular complexity index is 303. The maximum absolute atomic E-state index is 5.75. The second-order valence-corrected chi connectivity index (χ2v) is 4.42. The van der Waals surface area contributed by atoms with Crippen LogP contribution < -0.4 is 11.1 Å². The van der Waals surface area contributed by atoms with Crippen molar-refractivity contribution in [3.05, 3.63) is 18.0 Å². The Kier molecular flexibility index (Phi) is 3.38. The lowest BCUT2D eigenvalue weighted by atomic mass is 10.1. The maximum Gasteiger partial charge on any atom is 0.0538 e. The van der Waals surface area contributed by atoms with Gasteiger partial charge in [0.25, 0.3) is 0 Å². The van der Waals surface area contributed by atoms with E-state index in [0.29, 0.717) is 6.54 Å². The molecule has 0 saturated heterocycles. The van der Waals surface area contributed by atoms with Gasteiger partial charge in [-0.05, 0) is 18.9 Å². The van der Waals surface area contributed by atoms with Crippen LogP contribution in [0.15, 0.2) is 12.4 Å². The molecular formula is C11H20N4. The molecule has 1 aromatic heterocycles. The average molecular weight is 208 g/mol. The molecule has 2 rings (SSSR count). The summed E-state index contributed by atoms with van der Waals surface area (Å²) in [5.41, 5.74) is 6.94. The summed E-state index contributed by atoms with van der Waals surface area (Å²) in [5.74, 6) is 0.977. The van der Waals surface area contributed by atoms with E-state index in [1.165, 1.54) is 24.8 Å². The van der Waals surface area contributed by atoms with Gasteiger partial charge in [-0.2, -0.15) is 5.10 Å². The molecular weight excluding hydrogens is 188 g/mol. The van der Waals surface area contributed by atoms with E-state index in [-0.39, 0.29) is 6.04 Å². The van der Waals surface area contributed by atoms with Crippen LogP contribution in [-0.2, 0) is 7.05 Å². The number of hydrogen-bond donors (Lipinski definition) is 2. The lowest BCUT2D eigenvalue weighted by Crippen LogP contribution is -2.28. The SMILES string of the molecule is Cn1cc(C(CN)NCCC2CC2)cn1. The molecule has 1 saturated carbocycles. The molecule has 4 heteroatoms. The molecule has 84 valence electrons. The fraction of sp³-hybridized carbons (Fsp3) is 0.727. The van der Waals surface area contributed by atoms with Gasteiger partial charge in [-0.25, -0.2) is 0 Å². The summed E-state index contributed by atoms with van der Waals surface area (Å²) in [4.78, 5) is 0. The van der Waals surface area contributed by atoms with Gasteiger partial charge in [0.15, 0.2) is 0 Å². The largest absolute Gasteiger partial charge is 0.329 e. The number of aromatic nitrogens is 2. The lowest BCUT2D eigenvalue weighted by molar-refractivity contribution is 0.516. The molecule has 0 aromatic carbocycles. The highest BCUT2D eigenvalue weighted by Gasteiger charge is 2.21. The van der Waals surface area contributed by atoms with E-state index < -0.39 is 0 Å². The summed E-state index contributed by atoms with van der Waals surface area (Å²) in [5, 5.41) is 7.65. The molecule has 0 amide bonds. The van der Waals surface area contributed by atoms with Gasteiger partial charge in [0.05, 0.1) is 6.20 Å². The predicted octanol–water partition coefficient (Wildman–Crippen LogP) is 0.810. The summed E-state index contributed by atoms with van der Waals surface area (Å²) >= 11 is 0. The van der Waals surface area contributed by atoms with Crippen molar-refractivity contribution in [2.24, 2.45) is 18.7 Å². The molecule has 0 spiro atoms. The minimum absolute atomic E-state index is 0.262. The summed E-state index contributed by atoms with van der Waals surface area (Å²) in [7, 11) is 1.93. The summed E-state index contributed by atoms with van der Waals surface area (Å²) in [6.07, 6.45) is 8.05. The van der Waals surface area contributed by atoms with E-state index in [9.17, 15) is 0 Å². The number of rotatable bonds is 6. The van der Waals surface area contributed by atoms with Crippen LogP contribution in [0.5, 0.6) is 0 Å². The minimum Gasteiger partial charge on any atom is -0.329 e. The first kappa shape index (κ1) is 10.6. The Morgan fingerprint density at radius 2 is 2.47 bits per heavy atom. The standard InChI is InChI=1S/C11H20N4/c1-15-8-10(7-14-15)11(6-12)13-5-4-9-2-3-9/h7-9,11,13H,2-6,12H2,1H3. The van der Waals surface area contributed by atoms with Gasteiger partial charge in [0.2, 0.25) is 0 Å². The molecule has 1 atom stereocenters. The van der Waals surface area contributed by atoms with Crippen LogP contribution in [0.2, 0.25) is 0 Å². The van der Waals surface area contributed by atoms with Crippen molar-refractivity contribution in [3.8, 4) is 0 Å². The molecule has 1 aromatic rings. The quantitative estimate of drug-likeness (QED) is 0.727. The lowest BCUT2D eigenvalue weighted by Gasteiger charge is -2.14. The third-order valence-electron chi connectivity index (χ3n) is 3.00. The predicted molar refractivity (Wildman–Crippen MR) is 60.3 cm³/mol. The molecule has 1 fully saturated rings. The number of nitrogens with one attached hydrogen (secondary N) is 1. The van der Waals surface area contributed by atoms with Crippen molar-refractivity contribution >= 4 is 0 Å². The molecule has 4 nitrogen and oxygen atoms in total. The van der Waals surface area contributed by atoms with Crippen molar-refractivity contribution in [3.63, 3.8) is 0 Å². The number of aryl methyl sites for hydroxylation is 1. The van der Waals surface area contributed by atoms with E-state index in [1.54, 1.807) is 0 Å². The Hall–Kier alpha value is -0.870. The zero-order chi connectivity index (χ0) is 10.7. The zero-order valence-electron chi connectivity index (χ0n) is 9.32.